The van der Waals surface area contributed by atoms with Gasteiger partial charge in [-0.15, -0.1) is 0 Å². The van der Waals surface area contributed by atoms with Crippen LogP contribution in [-0.2, 0) is 4.43 Å². The first-order chi connectivity index (χ1) is 6.16. The Balaban J connectivity index is -0.000000720. The van der Waals surface area contributed by atoms with Crippen LogP contribution >= 0.6 is 0 Å². The molecule has 0 aromatic heterocycles. The third kappa shape index (κ3) is 16.5. The van der Waals surface area contributed by atoms with Crippen LogP contribution in [0, 0.1) is 5.92 Å². The molecule has 0 N–H and O–H groups in total. The lowest BCUT2D eigenvalue weighted by Crippen LogP contribution is -2.00. The van der Waals surface area contributed by atoms with E-state index in [0.29, 0.717) is 0 Å². The van der Waals surface area contributed by atoms with Gasteiger partial charge in [0.2, 0.25) is 0 Å². The second-order valence-electron chi connectivity index (χ2n) is 3.91. The third-order valence-electron chi connectivity index (χ3n) is 1.84. The van der Waals surface area contributed by atoms with E-state index in [-0.39, 0.29) is 24.6 Å². The quantitative estimate of drug-likeness (QED) is 0.376. The summed E-state index contributed by atoms with van der Waals surface area (Å²) in [5.74, 6) is 0.733. The summed E-state index contributed by atoms with van der Waals surface area (Å²) in [6, 6.07) is 1.26. The zero-order valence-electron chi connectivity index (χ0n) is 9.47. The van der Waals surface area contributed by atoms with Crippen molar-refractivity contribution in [2.45, 2.75) is 54.5 Å². The Morgan fingerprint density at radius 3 is 2.40 bits per heavy atom. The Hall–Kier alpha value is -0.153. The zero-order valence-corrected chi connectivity index (χ0v) is 10.9. The fourth-order valence-electron chi connectivity index (χ4n) is 1.28. The molecule has 0 rings (SSSR count). The van der Waals surface area contributed by atoms with E-state index in [1.165, 1.54) is 18.2 Å². The number of nitrogens with zero attached hydrogens (tertiary/aromatic N) is 1. The van der Waals surface area contributed by atoms with Crippen LogP contribution in [0.1, 0.15) is 48.5 Å². The molecule has 0 aromatic carbocycles. The molecule has 0 aliphatic heterocycles. The Labute approximate surface area is 99.5 Å². The summed E-state index contributed by atoms with van der Waals surface area (Å²) >= 11 is 0. The molecule has 2 nitrogen and oxygen atoms in total. The van der Waals surface area contributed by atoms with Gasteiger partial charge in [0.15, 0.2) is 9.76 Å². The lowest BCUT2D eigenvalue weighted by Gasteiger charge is -2.03. The summed E-state index contributed by atoms with van der Waals surface area (Å²) in [5, 5.41) is 0. The third-order valence-corrected chi connectivity index (χ3v) is 3.04. The van der Waals surface area contributed by atoms with Crippen LogP contribution in [0.2, 0.25) is 6.04 Å². The van der Waals surface area contributed by atoms with Crippen LogP contribution in [0.4, 0.5) is 0 Å². The molecule has 0 bridgehead atoms. The molecule has 94 valence electrons. The summed E-state index contributed by atoms with van der Waals surface area (Å²) < 4.78 is 5.10. The first-order valence-electron chi connectivity index (χ1n) is 5.15. The van der Waals surface area contributed by atoms with Crippen molar-refractivity contribution >= 4 is 15.5 Å². The van der Waals surface area contributed by atoms with E-state index in [2.05, 4.69) is 25.8 Å². The molecule has 0 aliphatic carbocycles. The minimum atomic E-state index is -0.214. The zero-order chi connectivity index (χ0) is 10.1. The summed E-state index contributed by atoms with van der Waals surface area (Å²) in [6.07, 6.45) is 2.34. The van der Waals surface area contributed by atoms with E-state index in [1.807, 2.05) is 0 Å². The van der Waals surface area contributed by atoms with Crippen molar-refractivity contribution in [1.29, 1.82) is 0 Å². The number of hydrogen-bond donors (Lipinski definition) is 0. The highest BCUT2D eigenvalue weighted by atomic mass is 28.2. The monoisotopic (exact) mass is 233 g/mol. The van der Waals surface area contributed by atoms with Gasteiger partial charge in [-0.1, -0.05) is 28.7 Å². The van der Waals surface area contributed by atoms with Gasteiger partial charge in [-0.3, -0.25) is 4.99 Å². The number of rotatable bonds is 7. The second-order valence-corrected chi connectivity index (χ2v) is 5.61. The van der Waals surface area contributed by atoms with E-state index < -0.39 is 0 Å². The summed E-state index contributed by atoms with van der Waals surface area (Å²) in [6.45, 7) is 7.59. The maximum absolute atomic E-state index is 5.10. The van der Waals surface area contributed by atoms with Gasteiger partial charge >= 0.3 is 0 Å². The molecule has 0 amide bonds. The Morgan fingerprint density at radius 2 is 1.93 bits per heavy atom. The molecule has 0 spiro atoms. The van der Waals surface area contributed by atoms with E-state index in [0.717, 1.165) is 18.9 Å². The number of hydrogen-bond acceptors (Lipinski definition) is 2. The van der Waals surface area contributed by atoms with Crippen molar-refractivity contribution in [2.24, 2.45) is 10.9 Å². The van der Waals surface area contributed by atoms with Gasteiger partial charge in [-0.2, -0.15) is 0 Å². The molecule has 3 heteroatoms. The van der Waals surface area contributed by atoms with E-state index in [1.54, 1.807) is 7.11 Å². The fraction of sp³-hybridized carbons (Fsp3) is 0.917. The molecule has 0 unspecified atom stereocenters. The van der Waals surface area contributed by atoms with Gasteiger partial charge in [-0.25, -0.2) is 0 Å². The predicted octanol–water partition coefficient (Wildman–Crippen LogP) is 3.30. The standard InChI is InChI=1S/C10H23NOSi.2CH4/c1-9(2)8-10(3)11-6-5-7-13-12-4;;/h9H,5-8,13H2,1-4H3;2*1H4. The lowest BCUT2D eigenvalue weighted by atomic mass is 10.1. The van der Waals surface area contributed by atoms with Crippen molar-refractivity contribution in [3.05, 3.63) is 0 Å². The molecule has 0 atom stereocenters. The summed E-state index contributed by atoms with van der Waals surface area (Å²) in [5.41, 5.74) is 1.30. The summed E-state index contributed by atoms with van der Waals surface area (Å²) in [7, 11) is 1.59. The maximum atomic E-state index is 5.10. The minimum absolute atomic E-state index is 0. The molecule has 0 aromatic rings. The maximum Gasteiger partial charge on any atom is 0.161 e. The summed E-state index contributed by atoms with van der Waals surface area (Å²) in [4.78, 5) is 4.52. The van der Waals surface area contributed by atoms with Crippen LogP contribution in [0.15, 0.2) is 4.99 Å². The van der Waals surface area contributed by atoms with Gasteiger partial charge in [0, 0.05) is 19.4 Å². The Bertz CT molecular complexity index is 147. The minimum Gasteiger partial charge on any atom is -0.427 e. The van der Waals surface area contributed by atoms with Crippen molar-refractivity contribution in [3.63, 3.8) is 0 Å². The first-order valence-corrected chi connectivity index (χ1v) is 6.73. The largest absolute Gasteiger partial charge is 0.427 e. The highest BCUT2D eigenvalue weighted by molar-refractivity contribution is 6.26. The van der Waals surface area contributed by atoms with Gasteiger partial charge in [0.25, 0.3) is 0 Å². The van der Waals surface area contributed by atoms with Crippen molar-refractivity contribution in [1.82, 2.24) is 0 Å². The van der Waals surface area contributed by atoms with Crippen LogP contribution in [-0.4, -0.2) is 29.1 Å². The van der Waals surface area contributed by atoms with E-state index in [4.69, 9.17) is 4.43 Å². The van der Waals surface area contributed by atoms with E-state index in [9.17, 15) is 0 Å². The Morgan fingerprint density at radius 1 is 1.33 bits per heavy atom. The average molecular weight is 233 g/mol. The molecular weight excluding hydrogens is 202 g/mol. The van der Waals surface area contributed by atoms with Gasteiger partial charge in [-0.05, 0) is 31.7 Å². The predicted molar refractivity (Wildman–Crippen MR) is 75.9 cm³/mol. The average Bonchev–Trinajstić information content (AvgIpc) is 2.02. The number of aliphatic imine (C=N–C) groups is 1. The molecule has 0 aliphatic rings. The molecule has 15 heavy (non-hydrogen) atoms. The van der Waals surface area contributed by atoms with Gasteiger partial charge in [0.05, 0.1) is 0 Å². The van der Waals surface area contributed by atoms with Crippen LogP contribution in [0.3, 0.4) is 0 Å². The van der Waals surface area contributed by atoms with Crippen LogP contribution < -0.4 is 0 Å². The topological polar surface area (TPSA) is 21.6 Å². The molecule has 0 saturated heterocycles. The highest BCUT2D eigenvalue weighted by Gasteiger charge is 1.96. The van der Waals surface area contributed by atoms with E-state index >= 15 is 0 Å². The molecule has 0 heterocycles. The normalized spacial score (nSPS) is 11.7. The van der Waals surface area contributed by atoms with Gasteiger partial charge in [0.1, 0.15) is 0 Å². The SMILES string of the molecule is C.C.CO[SiH2]CCCN=C(C)CC(C)C. The van der Waals surface area contributed by atoms with Crippen molar-refractivity contribution in [3.8, 4) is 0 Å². The van der Waals surface area contributed by atoms with Gasteiger partial charge < -0.3 is 4.43 Å². The van der Waals surface area contributed by atoms with Crippen LogP contribution in [0.25, 0.3) is 0 Å². The first kappa shape index (κ1) is 20.3. The lowest BCUT2D eigenvalue weighted by molar-refractivity contribution is 0.440. The molecule has 0 fully saturated rings. The Kier molecular flexibility index (Phi) is 18.7. The molecule has 0 radical (unpaired) electrons. The smallest absolute Gasteiger partial charge is 0.161 e. The van der Waals surface area contributed by atoms with Crippen molar-refractivity contribution in [2.75, 3.05) is 13.7 Å². The van der Waals surface area contributed by atoms with Crippen LogP contribution in [0.5, 0.6) is 0 Å². The molecular formula is C12H31NOSi. The second kappa shape index (κ2) is 13.8. The molecule has 0 saturated carbocycles. The highest BCUT2D eigenvalue weighted by Crippen LogP contribution is 2.01. The van der Waals surface area contributed by atoms with Crippen molar-refractivity contribution < 1.29 is 4.43 Å². The fourth-order valence-corrected chi connectivity index (χ4v) is 2.00.